The van der Waals surface area contributed by atoms with Gasteiger partial charge < -0.3 is 0 Å². The maximum atomic E-state index is 6.11. The molecular formula is C12H16Cl2N2. The van der Waals surface area contributed by atoms with Crippen molar-refractivity contribution in [3.63, 3.8) is 0 Å². The molecule has 1 atom stereocenters. The van der Waals surface area contributed by atoms with Crippen LogP contribution >= 0.6 is 23.2 Å². The second-order valence-electron chi connectivity index (χ2n) is 3.60. The lowest BCUT2D eigenvalue weighted by Crippen LogP contribution is -2.28. The monoisotopic (exact) mass is 258 g/mol. The Kier molecular flexibility index (Phi) is 5.85. The van der Waals surface area contributed by atoms with Crippen molar-refractivity contribution < 1.29 is 0 Å². The molecule has 3 N–H and O–H groups in total. The van der Waals surface area contributed by atoms with Gasteiger partial charge in [0.15, 0.2) is 0 Å². The molecule has 0 aliphatic rings. The van der Waals surface area contributed by atoms with Gasteiger partial charge in [0.1, 0.15) is 0 Å². The van der Waals surface area contributed by atoms with Crippen LogP contribution in [-0.4, -0.2) is 0 Å². The average Bonchev–Trinajstić information content (AvgIpc) is 2.28. The second kappa shape index (κ2) is 6.92. The third-order valence-corrected chi connectivity index (χ3v) is 3.01. The van der Waals surface area contributed by atoms with E-state index in [4.69, 9.17) is 29.0 Å². The van der Waals surface area contributed by atoms with Gasteiger partial charge in [-0.15, -0.1) is 6.58 Å². The Morgan fingerprint density at radius 2 is 2.19 bits per heavy atom. The zero-order valence-corrected chi connectivity index (χ0v) is 10.6. The van der Waals surface area contributed by atoms with E-state index in [-0.39, 0.29) is 6.04 Å². The summed E-state index contributed by atoms with van der Waals surface area (Å²) < 4.78 is 0. The summed E-state index contributed by atoms with van der Waals surface area (Å²) in [6.45, 7) is 3.69. The fourth-order valence-corrected chi connectivity index (χ4v) is 2.01. The molecule has 0 heterocycles. The lowest BCUT2D eigenvalue weighted by atomic mass is 10.0. The molecule has 0 fully saturated rings. The number of rotatable bonds is 6. The summed E-state index contributed by atoms with van der Waals surface area (Å²) in [5, 5.41) is 1.36. The minimum absolute atomic E-state index is 0.0335. The molecule has 0 amide bonds. The van der Waals surface area contributed by atoms with Crippen molar-refractivity contribution in [2.75, 3.05) is 0 Å². The Morgan fingerprint density at radius 1 is 1.44 bits per heavy atom. The van der Waals surface area contributed by atoms with Crippen LogP contribution in [0.4, 0.5) is 0 Å². The lowest BCUT2D eigenvalue weighted by molar-refractivity contribution is 0.501. The molecule has 0 bridgehead atoms. The Hall–Kier alpha value is -0.540. The van der Waals surface area contributed by atoms with E-state index in [1.54, 1.807) is 12.1 Å². The maximum absolute atomic E-state index is 6.11. The largest absolute Gasteiger partial charge is 0.271 e. The molecule has 0 aromatic heterocycles. The van der Waals surface area contributed by atoms with Gasteiger partial charge in [-0.25, -0.2) is 0 Å². The smallest absolute Gasteiger partial charge is 0.0475 e. The van der Waals surface area contributed by atoms with Crippen molar-refractivity contribution in [1.82, 2.24) is 5.43 Å². The molecule has 0 spiro atoms. The van der Waals surface area contributed by atoms with E-state index >= 15 is 0 Å². The summed E-state index contributed by atoms with van der Waals surface area (Å²) in [6, 6.07) is 5.44. The highest BCUT2D eigenvalue weighted by Gasteiger charge is 2.13. The molecule has 1 aromatic carbocycles. The summed E-state index contributed by atoms with van der Waals surface area (Å²) in [4.78, 5) is 0. The van der Waals surface area contributed by atoms with E-state index in [1.165, 1.54) is 0 Å². The predicted octanol–water partition coefficient (Wildman–Crippen LogP) is 3.85. The quantitative estimate of drug-likeness (QED) is 0.352. The second-order valence-corrected chi connectivity index (χ2v) is 4.45. The first-order chi connectivity index (χ1) is 7.69. The highest BCUT2D eigenvalue weighted by Crippen LogP contribution is 2.28. The van der Waals surface area contributed by atoms with E-state index in [1.807, 2.05) is 12.1 Å². The lowest BCUT2D eigenvalue weighted by Gasteiger charge is -2.17. The molecule has 88 valence electrons. The normalized spacial score (nSPS) is 12.4. The highest BCUT2D eigenvalue weighted by molar-refractivity contribution is 6.33. The highest BCUT2D eigenvalue weighted by atomic mass is 35.5. The maximum Gasteiger partial charge on any atom is 0.0475 e. The molecule has 0 aliphatic carbocycles. The van der Waals surface area contributed by atoms with Crippen LogP contribution in [0, 0.1) is 0 Å². The fourth-order valence-electron chi connectivity index (χ4n) is 1.58. The molecule has 0 radical (unpaired) electrons. The van der Waals surface area contributed by atoms with Crippen LogP contribution in [0.15, 0.2) is 30.9 Å². The Morgan fingerprint density at radius 3 is 2.81 bits per heavy atom. The third kappa shape index (κ3) is 3.80. The molecular weight excluding hydrogens is 243 g/mol. The Bertz CT molecular complexity index is 353. The molecule has 1 unspecified atom stereocenters. The van der Waals surface area contributed by atoms with Gasteiger partial charge in [-0.3, -0.25) is 11.3 Å². The van der Waals surface area contributed by atoms with Crippen molar-refractivity contribution in [2.45, 2.75) is 25.3 Å². The van der Waals surface area contributed by atoms with Gasteiger partial charge in [0, 0.05) is 16.1 Å². The number of allylic oxidation sites excluding steroid dienone is 1. The molecule has 0 aliphatic heterocycles. The van der Waals surface area contributed by atoms with Crippen LogP contribution in [0.25, 0.3) is 0 Å². The zero-order valence-electron chi connectivity index (χ0n) is 9.05. The van der Waals surface area contributed by atoms with Crippen LogP contribution in [0.2, 0.25) is 10.0 Å². The standard InChI is InChI=1S/C12H16Cl2N2/c1-2-3-4-5-12(16-15)10-8-9(13)6-7-11(10)14/h2,6-8,12,16H,1,3-5,15H2. The minimum atomic E-state index is 0.0335. The van der Waals surface area contributed by atoms with Gasteiger partial charge in [-0.2, -0.15) is 0 Å². The first-order valence-electron chi connectivity index (χ1n) is 5.21. The van der Waals surface area contributed by atoms with Crippen LogP contribution < -0.4 is 11.3 Å². The molecule has 16 heavy (non-hydrogen) atoms. The third-order valence-electron chi connectivity index (χ3n) is 2.44. The topological polar surface area (TPSA) is 38.0 Å². The van der Waals surface area contributed by atoms with E-state index in [0.29, 0.717) is 10.0 Å². The SMILES string of the molecule is C=CCCCC(NN)c1cc(Cl)ccc1Cl. The number of nitrogens with one attached hydrogen (secondary N) is 1. The number of unbranched alkanes of at least 4 members (excludes halogenated alkanes) is 1. The van der Waals surface area contributed by atoms with Crippen molar-refractivity contribution >= 4 is 23.2 Å². The van der Waals surface area contributed by atoms with Gasteiger partial charge in [-0.05, 0) is 43.0 Å². The molecule has 1 aromatic rings. The van der Waals surface area contributed by atoms with Crippen LogP contribution in [0.3, 0.4) is 0 Å². The Balaban J connectivity index is 2.77. The van der Waals surface area contributed by atoms with E-state index < -0.39 is 0 Å². The molecule has 0 saturated carbocycles. The molecule has 1 rings (SSSR count). The van der Waals surface area contributed by atoms with Gasteiger partial charge >= 0.3 is 0 Å². The van der Waals surface area contributed by atoms with Crippen molar-refractivity contribution in [3.05, 3.63) is 46.5 Å². The van der Waals surface area contributed by atoms with Gasteiger partial charge in [-0.1, -0.05) is 29.3 Å². The zero-order chi connectivity index (χ0) is 12.0. The first kappa shape index (κ1) is 13.5. The number of nitrogens with two attached hydrogens (primary N) is 1. The minimum Gasteiger partial charge on any atom is -0.271 e. The summed E-state index contributed by atoms with van der Waals surface area (Å²) in [5.41, 5.74) is 3.71. The van der Waals surface area contributed by atoms with E-state index in [0.717, 1.165) is 24.8 Å². The van der Waals surface area contributed by atoms with E-state index in [2.05, 4.69) is 12.0 Å². The van der Waals surface area contributed by atoms with Crippen LogP contribution in [-0.2, 0) is 0 Å². The fraction of sp³-hybridized carbons (Fsp3) is 0.333. The van der Waals surface area contributed by atoms with Gasteiger partial charge in [0.2, 0.25) is 0 Å². The number of benzene rings is 1. The predicted molar refractivity (Wildman–Crippen MR) is 70.6 cm³/mol. The van der Waals surface area contributed by atoms with Gasteiger partial charge in [0.05, 0.1) is 0 Å². The summed E-state index contributed by atoms with van der Waals surface area (Å²) in [7, 11) is 0. The van der Waals surface area contributed by atoms with Crippen molar-refractivity contribution in [1.29, 1.82) is 0 Å². The summed E-state index contributed by atoms with van der Waals surface area (Å²) in [6.07, 6.45) is 4.79. The molecule has 4 heteroatoms. The first-order valence-corrected chi connectivity index (χ1v) is 5.96. The van der Waals surface area contributed by atoms with Crippen LogP contribution in [0.1, 0.15) is 30.9 Å². The summed E-state index contributed by atoms with van der Waals surface area (Å²) >= 11 is 12.0. The van der Waals surface area contributed by atoms with Gasteiger partial charge in [0.25, 0.3) is 0 Å². The van der Waals surface area contributed by atoms with Crippen molar-refractivity contribution in [3.8, 4) is 0 Å². The Labute approximate surface area is 106 Å². The summed E-state index contributed by atoms with van der Waals surface area (Å²) in [5.74, 6) is 5.53. The number of hydrazine groups is 1. The number of hydrogen-bond acceptors (Lipinski definition) is 2. The number of hydrogen-bond donors (Lipinski definition) is 2. The van der Waals surface area contributed by atoms with E-state index in [9.17, 15) is 0 Å². The molecule has 2 nitrogen and oxygen atoms in total. The van der Waals surface area contributed by atoms with Crippen LogP contribution in [0.5, 0.6) is 0 Å². The van der Waals surface area contributed by atoms with Crippen molar-refractivity contribution in [2.24, 2.45) is 5.84 Å². The number of halogens is 2. The average molecular weight is 259 g/mol. The molecule has 0 saturated heterocycles.